The highest BCUT2D eigenvalue weighted by Crippen LogP contribution is 2.30. The molecule has 0 aliphatic carbocycles. The number of thiophene rings is 1. The number of nitrogens with zero attached hydrogens (tertiary/aromatic N) is 1. The number of hydrogen-bond donors (Lipinski definition) is 1. The molecule has 0 saturated heterocycles. The smallest absolute Gasteiger partial charge is 0.293 e. The first kappa shape index (κ1) is 14.7. The van der Waals surface area contributed by atoms with Crippen molar-refractivity contribution >= 4 is 61.2 Å². The Bertz CT molecular complexity index is 635. The van der Waals surface area contributed by atoms with E-state index in [-0.39, 0.29) is 14.9 Å². The maximum absolute atomic E-state index is 13.5. The summed E-state index contributed by atoms with van der Waals surface area (Å²) < 4.78 is 14.6. The molecular weight excluding hydrogens is 450 g/mol. The molecule has 2 rings (SSSR count). The maximum Gasteiger partial charge on any atom is 0.293 e. The van der Waals surface area contributed by atoms with Crippen molar-refractivity contribution in [2.45, 2.75) is 6.54 Å². The molecular formula is C11H7BrFIN2O2S. The Morgan fingerprint density at radius 3 is 2.84 bits per heavy atom. The van der Waals surface area contributed by atoms with Crippen LogP contribution in [0.15, 0.2) is 28.1 Å². The summed E-state index contributed by atoms with van der Waals surface area (Å²) in [5.41, 5.74) is 0.0571. The molecule has 0 unspecified atom stereocenters. The van der Waals surface area contributed by atoms with Gasteiger partial charge in [-0.1, -0.05) is 0 Å². The maximum atomic E-state index is 13.5. The van der Waals surface area contributed by atoms with Gasteiger partial charge in [0, 0.05) is 21.5 Å². The quantitative estimate of drug-likeness (QED) is 0.409. The van der Waals surface area contributed by atoms with Gasteiger partial charge in [-0.2, -0.15) is 0 Å². The van der Waals surface area contributed by atoms with Gasteiger partial charge in [-0.15, -0.1) is 11.3 Å². The second-order valence-corrected chi connectivity index (χ2v) is 6.60. The van der Waals surface area contributed by atoms with Gasteiger partial charge in [-0.05, 0) is 50.0 Å². The zero-order chi connectivity index (χ0) is 14.0. The number of rotatable bonds is 4. The van der Waals surface area contributed by atoms with Crippen molar-refractivity contribution in [3.63, 3.8) is 0 Å². The van der Waals surface area contributed by atoms with Crippen molar-refractivity contribution < 1.29 is 9.31 Å². The molecule has 1 aromatic carbocycles. The van der Waals surface area contributed by atoms with Gasteiger partial charge in [-0.25, -0.2) is 4.39 Å². The van der Waals surface area contributed by atoms with Gasteiger partial charge < -0.3 is 5.32 Å². The molecule has 100 valence electrons. The van der Waals surface area contributed by atoms with E-state index in [1.54, 1.807) is 22.6 Å². The lowest BCUT2D eigenvalue weighted by Gasteiger charge is -2.07. The van der Waals surface area contributed by atoms with Crippen molar-refractivity contribution in [2.24, 2.45) is 0 Å². The summed E-state index contributed by atoms with van der Waals surface area (Å²) in [7, 11) is 0. The van der Waals surface area contributed by atoms with E-state index in [0.717, 1.165) is 15.4 Å². The first-order valence-corrected chi connectivity index (χ1v) is 7.83. The zero-order valence-electron chi connectivity index (χ0n) is 9.32. The first-order chi connectivity index (χ1) is 8.99. The summed E-state index contributed by atoms with van der Waals surface area (Å²) in [6.45, 7) is 0.402. The van der Waals surface area contributed by atoms with Gasteiger partial charge in [0.25, 0.3) is 5.69 Å². The lowest BCUT2D eigenvalue weighted by molar-refractivity contribution is -0.384. The molecule has 4 nitrogen and oxygen atoms in total. The summed E-state index contributed by atoms with van der Waals surface area (Å²) in [6.07, 6.45) is 0. The van der Waals surface area contributed by atoms with Gasteiger partial charge >= 0.3 is 0 Å². The lowest BCUT2D eigenvalue weighted by atomic mass is 10.2. The first-order valence-electron chi connectivity index (χ1n) is 5.08. The number of benzene rings is 1. The molecule has 1 heterocycles. The zero-order valence-corrected chi connectivity index (χ0v) is 13.9. The van der Waals surface area contributed by atoms with Crippen molar-refractivity contribution in [3.05, 3.63) is 52.4 Å². The fourth-order valence-electron chi connectivity index (χ4n) is 1.46. The van der Waals surface area contributed by atoms with Gasteiger partial charge in [0.1, 0.15) is 11.5 Å². The van der Waals surface area contributed by atoms with Gasteiger partial charge in [-0.3, -0.25) is 10.1 Å². The Hall–Kier alpha value is -0.740. The summed E-state index contributed by atoms with van der Waals surface area (Å²) in [5.74, 6) is -0.473. The standard InChI is InChI=1S/C11H7BrFIN2O2S/c12-6-1-2-19-11(6)5-15-9-3-7(13)8(14)4-10(9)16(17)18/h1-4,15H,5H2. The van der Waals surface area contributed by atoms with Crippen molar-refractivity contribution in [1.82, 2.24) is 0 Å². The van der Waals surface area contributed by atoms with E-state index in [2.05, 4.69) is 21.2 Å². The van der Waals surface area contributed by atoms with Crippen LogP contribution in [0, 0.1) is 19.5 Å². The largest absolute Gasteiger partial charge is 0.374 e. The van der Waals surface area contributed by atoms with E-state index in [4.69, 9.17) is 0 Å². The predicted molar refractivity (Wildman–Crippen MR) is 85.1 cm³/mol. The van der Waals surface area contributed by atoms with Crippen LogP contribution >= 0.6 is 49.9 Å². The van der Waals surface area contributed by atoms with Gasteiger partial charge in [0.2, 0.25) is 0 Å². The average Bonchev–Trinajstić information content (AvgIpc) is 2.75. The van der Waals surface area contributed by atoms with Crippen LogP contribution in [0.5, 0.6) is 0 Å². The van der Waals surface area contributed by atoms with Crippen molar-refractivity contribution in [3.8, 4) is 0 Å². The predicted octanol–water partition coefficient (Wildman–Crippen LogP) is 4.77. The van der Waals surface area contributed by atoms with E-state index < -0.39 is 10.7 Å². The molecule has 0 saturated carbocycles. The molecule has 0 bridgehead atoms. The molecule has 2 aromatic rings. The second kappa shape index (κ2) is 6.14. The molecule has 1 aromatic heterocycles. The van der Waals surface area contributed by atoms with E-state index >= 15 is 0 Å². The number of nitrogens with one attached hydrogen (secondary N) is 1. The molecule has 8 heteroatoms. The molecule has 0 aliphatic rings. The fraction of sp³-hybridized carbons (Fsp3) is 0.0909. The van der Waals surface area contributed by atoms with Crippen LogP contribution in [0.3, 0.4) is 0 Å². The second-order valence-electron chi connectivity index (χ2n) is 3.59. The Labute approximate surface area is 134 Å². The fourth-order valence-corrected chi connectivity index (χ4v) is 3.34. The average molecular weight is 457 g/mol. The third kappa shape index (κ3) is 3.42. The van der Waals surface area contributed by atoms with Crippen LogP contribution in [0.4, 0.5) is 15.8 Å². The number of anilines is 1. The third-order valence-corrected chi connectivity index (χ3v) is 5.12. The van der Waals surface area contributed by atoms with Crippen molar-refractivity contribution in [1.29, 1.82) is 0 Å². The van der Waals surface area contributed by atoms with Crippen LogP contribution in [-0.4, -0.2) is 4.92 Å². The highest BCUT2D eigenvalue weighted by molar-refractivity contribution is 14.1. The SMILES string of the molecule is O=[N+]([O-])c1cc(I)c(F)cc1NCc1sccc1Br. The summed E-state index contributed by atoms with van der Waals surface area (Å²) in [5, 5.41) is 15.8. The highest BCUT2D eigenvalue weighted by Gasteiger charge is 2.17. The highest BCUT2D eigenvalue weighted by atomic mass is 127. The summed E-state index contributed by atoms with van der Waals surface area (Å²) in [6, 6.07) is 4.27. The Kier molecular flexibility index (Phi) is 4.74. The summed E-state index contributed by atoms with van der Waals surface area (Å²) in [4.78, 5) is 11.4. The number of hydrogen-bond acceptors (Lipinski definition) is 4. The van der Waals surface area contributed by atoms with Gasteiger partial charge in [0.15, 0.2) is 0 Å². The van der Waals surface area contributed by atoms with E-state index in [0.29, 0.717) is 6.54 Å². The molecule has 0 amide bonds. The molecule has 0 fully saturated rings. The topological polar surface area (TPSA) is 55.2 Å². The van der Waals surface area contributed by atoms with Crippen LogP contribution in [0.1, 0.15) is 4.88 Å². The molecule has 0 atom stereocenters. The Morgan fingerprint density at radius 2 is 2.26 bits per heavy atom. The van der Waals surface area contributed by atoms with Crippen molar-refractivity contribution in [2.75, 3.05) is 5.32 Å². The number of halogens is 3. The Morgan fingerprint density at radius 1 is 1.53 bits per heavy atom. The van der Waals surface area contributed by atoms with Gasteiger partial charge in [0.05, 0.1) is 15.0 Å². The Balaban J connectivity index is 2.26. The molecule has 0 aliphatic heterocycles. The minimum absolute atomic E-state index is 0.126. The molecule has 0 spiro atoms. The van der Waals surface area contributed by atoms with Crippen LogP contribution < -0.4 is 5.32 Å². The van der Waals surface area contributed by atoms with Crippen LogP contribution in [0.2, 0.25) is 0 Å². The minimum atomic E-state index is -0.520. The van der Waals surface area contributed by atoms with E-state index in [9.17, 15) is 14.5 Å². The molecule has 19 heavy (non-hydrogen) atoms. The number of nitro groups is 1. The third-order valence-electron chi connectivity index (χ3n) is 2.37. The minimum Gasteiger partial charge on any atom is -0.374 e. The number of nitro benzene ring substituents is 1. The molecule has 0 radical (unpaired) electrons. The van der Waals surface area contributed by atoms with E-state index in [1.165, 1.54) is 17.4 Å². The monoisotopic (exact) mass is 456 g/mol. The lowest BCUT2D eigenvalue weighted by Crippen LogP contribution is -2.03. The van der Waals surface area contributed by atoms with Crippen LogP contribution in [0.25, 0.3) is 0 Å². The van der Waals surface area contributed by atoms with Crippen LogP contribution in [-0.2, 0) is 6.54 Å². The molecule has 1 N–H and O–H groups in total. The van der Waals surface area contributed by atoms with E-state index in [1.807, 2.05) is 11.4 Å². The normalized spacial score (nSPS) is 10.5. The summed E-state index contributed by atoms with van der Waals surface area (Å²) >= 11 is 6.62.